The Hall–Kier alpha value is -2.39. The summed E-state index contributed by atoms with van der Waals surface area (Å²) in [6.07, 6.45) is 1.45. The van der Waals surface area contributed by atoms with Gasteiger partial charge < -0.3 is 22.3 Å². The number of carbonyl (C=O) groups excluding carboxylic acids is 2. The lowest BCUT2D eigenvalue weighted by Crippen LogP contribution is -2.38. The van der Waals surface area contributed by atoms with Gasteiger partial charge in [-0.2, -0.15) is 5.10 Å². The number of hydrogen-bond donors (Lipinski definition) is 4. The van der Waals surface area contributed by atoms with Gasteiger partial charge in [0.15, 0.2) is 5.84 Å². The van der Waals surface area contributed by atoms with Crippen molar-refractivity contribution in [3.8, 4) is 0 Å². The first-order chi connectivity index (χ1) is 8.49. The number of pyridine rings is 1. The van der Waals surface area contributed by atoms with E-state index in [1.807, 2.05) is 0 Å². The largest absolute Gasteiger partial charge is 0.412 e. The summed E-state index contributed by atoms with van der Waals surface area (Å²) in [6.45, 7) is -0.288. The number of amides is 3. The van der Waals surface area contributed by atoms with Crippen molar-refractivity contribution in [2.75, 3.05) is 6.54 Å². The van der Waals surface area contributed by atoms with Gasteiger partial charge in [0, 0.05) is 11.8 Å². The van der Waals surface area contributed by atoms with E-state index in [2.05, 4.69) is 20.8 Å². The minimum atomic E-state index is -0.803. The molecule has 0 aliphatic heterocycles. The van der Waals surface area contributed by atoms with E-state index >= 15 is 0 Å². The summed E-state index contributed by atoms with van der Waals surface area (Å²) >= 11 is 5.67. The van der Waals surface area contributed by atoms with Crippen LogP contribution in [0.15, 0.2) is 23.4 Å². The number of nitrogens with two attached hydrogens (primary N) is 2. The standard InChI is InChI=1S/C9H11ClN6O2.H2O/c10-6-3-5(1-2-13-6)8(11)16-15-7(17)4-14-9(12)18;/h1-3H,4H2,(H2,11,16)(H,15,17)(H3,12,14,18);1H2. The normalized spacial score (nSPS) is 10.3. The first-order valence-electron chi connectivity index (χ1n) is 4.76. The van der Waals surface area contributed by atoms with Gasteiger partial charge in [0.25, 0.3) is 5.91 Å². The van der Waals surface area contributed by atoms with Crippen LogP contribution in [0, 0.1) is 0 Å². The molecule has 0 saturated carbocycles. The van der Waals surface area contributed by atoms with E-state index < -0.39 is 11.9 Å². The third kappa shape index (κ3) is 6.19. The molecule has 0 radical (unpaired) electrons. The van der Waals surface area contributed by atoms with Crippen LogP contribution in [-0.4, -0.2) is 34.8 Å². The molecule has 1 aromatic heterocycles. The molecular weight excluding hydrogens is 276 g/mol. The van der Waals surface area contributed by atoms with Crippen molar-refractivity contribution in [1.29, 1.82) is 0 Å². The van der Waals surface area contributed by atoms with E-state index in [0.29, 0.717) is 5.56 Å². The van der Waals surface area contributed by atoms with Crippen LogP contribution in [0.25, 0.3) is 0 Å². The number of halogens is 1. The Kier molecular flexibility index (Phi) is 6.86. The summed E-state index contributed by atoms with van der Waals surface area (Å²) < 4.78 is 0. The number of urea groups is 1. The van der Waals surface area contributed by atoms with Crippen molar-refractivity contribution in [2.24, 2.45) is 16.6 Å². The predicted molar refractivity (Wildman–Crippen MR) is 69.3 cm³/mol. The quantitative estimate of drug-likeness (QED) is 0.225. The molecule has 0 bridgehead atoms. The van der Waals surface area contributed by atoms with Gasteiger partial charge in [0.05, 0.1) is 0 Å². The Balaban J connectivity index is 0.00000324. The Morgan fingerprint density at radius 1 is 1.42 bits per heavy atom. The van der Waals surface area contributed by atoms with Gasteiger partial charge in [-0.1, -0.05) is 11.6 Å². The number of rotatable bonds is 4. The molecule has 0 spiro atoms. The van der Waals surface area contributed by atoms with E-state index in [1.165, 1.54) is 12.3 Å². The van der Waals surface area contributed by atoms with Crippen LogP contribution in [0.3, 0.4) is 0 Å². The van der Waals surface area contributed by atoms with Crippen molar-refractivity contribution in [2.45, 2.75) is 0 Å². The van der Waals surface area contributed by atoms with Crippen molar-refractivity contribution in [1.82, 2.24) is 15.7 Å². The molecule has 0 fully saturated rings. The van der Waals surface area contributed by atoms with Gasteiger partial charge in [-0.25, -0.2) is 15.2 Å². The van der Waals surface area contributed by atoms with E-state index in [1.54, 1.807) is 6.07 Å². The molecule has 0 aliphatic rings. The highest BCUT2D eigenvalue weighted by Crippen LogP contribution is 2.06. The van der Waals surface area contributed by atoms with E-state index in [0.717, 1.165) is 0 Å². The SMILES string of the molecule is NC(=O)NCC(=O)NN=C(N)c1ccnc(Cl)c1.O. The topological polar surface area (TPSA) is 167 Å². The molecule has 0 unspecified atom stereocenters. The molecule has 19 heavy (non-hydrogen) atoms. The number of aromatic nitrogens is 1. The highest BCUT2D eigenvalue weighted by molar-refractivity contribution is 6.29. The van der Waals surface area contributed by atoms with E-state index in [9.17, 15) is 9.59 Å². The molecule has 0 aliphatic carbocycles. The lowest BCUT2D eigenvalue weighted by atomic mass is 10.2. The summed E-state index contributed by atoms with van der Waals surface area (Å²) in [5, 5.41) is 5.99. The van der Waals surface area contributed by atoms with E-state index in [-0.39, 0.29) is 23.0 Å². The van der Waals surface area contributed by atoms with Crippen LogP contribution < -0.4 is 22.2 Å². The Labute approximate surface area is 113 Å². The number of nitrogens with one attached hydrogen (secondary N) is 2. The van der Waals surface area contributed by atoms with Crippen molar-refractivity contribution >= 4 is 29.4 Å². The molecule has 10 heteroatoms. The van der Waals surface area contributed by atoms with Gasteiger partial charge >= 0.3 is 6.03 Å². The molecule has 104 valence electrons. The first-order valence-corrected chi connectivity index (χ1v) is 5.14. The summed E-state index contributed by atoms with van der Waals surface area (Å²) in [7, 11) is 0. The van der Waals surface area contributed by atoms with Crippen molar-refractivity contribution < 1.29 is 15.1 Å². The third-order valence-corrected chi connectivity index (χ3v) is 1.95. The molecule has 0 saturated heterocycles. The van der Waals surface area contributed by atoms with Crippen LogP contribution >= 0.6 is 11.6 Å². The molecule has 0 aromatic carbocycles. The number of carbonyl (C=O) groups is 2. The highest BCUT2D eigenvalue weighted by Gasteiger charge is 2.03. The second kappa shape index (κ2) is 7.84. The highest BCUT2D eigenvalue weighted by atomic mass is 35.5. The predicted octanol–water partition coefficient (Wildman–Crippen LogP) is -1.68. The smallest absolute Gasteiger partial charge is 0.312 e. The fourth-order valence-corrected chi connectivity index (χ4v) is 1.13. The minimum Gasteiger partial charge on any atom is -0.412 e. The number of hydrazone groups is 1. The zero-order chi connectivity index (χ0) is 13.5. The number of amidine groups is 1. The second-order valence-corrected chi connectivity index (χ2v) is 3.50. The fourth-order valence-electron chi connectivity index (χ4n) is 0.956. The number of hydrogen-bond acceptors (Lipinski definition) is 4. The van der Waals surface area contributed by atoms with Crippen LogP contribution in [-0.2, 0) is 4.79 Å². The molecule has 0 atom stereocenters. The number of primary amides is 1. The summed E-state index contributed by atoms with van der Waals surface area (Å²) in [4.78, 5) is 25.3. The Bertz CT molecular complexity index is 493. The molecule has 9 nitrogen and oxygen atoms in total. The first kappa shape index (κ1) is 16.6. The average molecular weight is 289 g/mol. The maximum absolute atomic E-state index is 11.2. The van der Waals surface area contributed by atoms with Gasteiger partial charge in [-0.3, -0.25) is 4.79 Å². The lowest BCUT2D eigenvalue weighted by Gasteiger charge is -2.03. The van der Waals surface area contributed by atoms with Crippen molar-refractivity contribution in [3.63, 3.8) is 0 Å². The zero-order valence-electron chi connectivity index (χ0n) is 9.68. The molecule has 1 aromatic rings. The lowest BCUT2D eigenvalue weighted by molar-refractivity contribution is -0.120. The molecule has 1 rings (SSSR count). The zero-order valence-corrected chi connectivity index (χ0v) is 10.4. The molecule has 8 N–H and O–H groups in total. The summed E-state index contributed by atoms with van der Waals surface area (Å²) in [5.41, 5.74) is 13.1. The Morgan fingerprint density at radius 2 is 2.11 bits per heavy atom. The van der Waals surface area contributed by atoms with Gasteiger partial charge in [0.2, 0.25) is 0 Å². The monoisotopic (exact) mass is 288 g/mol. The fraction of sp³-hybridized carbons (Fsp3) is 0.111. The van der Waals surface area contributed by atoms with Gasteiger partial charge in [0.1, 0.15) is 11.7 Å². The van der Waals surface area contributed by atoms with Crippen LogP contribution in [0.4, 0.5) is 4.79 Å². The van der Waals surface area contributed by atoms with Gasteiger partial charge in [-0.05, 0) is 12.1 Å². The second-order valence-electron chi connectivity index (χ2n) is 3.12. The molecule has 3 amide bonds. The van der Waals surface area contributed by atoms with E-state index in [4.69, 9.17) is 23.1 Å². The molecule has 1 heterocycles. The van der Waals surface area contributed by atoms with Gasteiger partial charge in [-0.15, -0.1) is 0 Å². The summed E-state index contributed by atoms with van der Waals surface area (Å²) in [5.74, 6) is -0.497. The maximum atomic E-state index is 11.2. The minimum absolute atomic E-state index is 0. The van der Waals surface area contributed by atoms with Crippen LogP contribution in [0.2, 0.25) is 5.15 Å². The van der Waals surface area contributed by atoms with Crippen LogP contribution in [0.1, 0.15) is 5.56 Å². The molecular formula is C9H13ClN6O3. The number of nitrogens with zero attached hydrogens (tertiary/aromatic N) is 2. The third-order valence-electron chi connectivity index (χ3n) is 1.75. The Morgan fingerprint density at radius 3 is 2.68 bits per heavy atom. The maximum Gasteiger partial charge on any atom is 0.312 e. The average Bonchev–Trinajstić information content (AvgIpc) is 2.33. The van der Waals surface area contributed by atoms with Crippen molar-refractivity contribution in [3.05, 3.63) is 29.0 Å². The summed E-state index contributed by atoms with van der Waals surface area (Å²) in [6, 6.07) is 2.27. The van der Waals surface area contributed by atoms with Crippen LogP contribution in [0.5, 0.6) is 0 Å².